The fourth-order valence-electron chi connectivity index (χ4n) is 2.30. The summed E-state index contributed by atoms with van der Waals surface area (Å²) in [5, 5.41) is 7.28. The Labute approximate surface area is 107 Å². The zero-order chi connectivity index (χ0) is 13.3. The Morgan fingerprint density at radius 1 is 1.39 bits per heavy atom. The lowest BCUT2D eigenvalue weighted by atomic mass is 9.77. The Morgan fingerprint density at radius 3 is 2.67 bits per heavy atom. The second-order valence-corrected chi connectivity index (χ2v) is 5.70. The topological polar surface area (TPSA) is 49.9 Å². The molecule has 0 unspecified atom stereocenters. The molecule has 0 saturated heterocycles. The third-order valence-electron chi connectivity index (χ3n) is 3.65. The van der Waals surface area contributed by atoms with Crippen molar-refractivity contribution in [3.05, 3.63) is 35.2 Å². The molecule has 2 rings (SSSR count). The number of anilines is 1. The molecule has 0 radical (unpaired) electrons. The lowest BCUT2D eigenvalue weighted by Crippen LogP contribution is -2.14. The maximum atomic E-state index is 13.9. The van der Waals surface area contributed by atoms with E-state index in [9.17, 15) is 4.39 Å². The SMILES string of the molecule is CC1(C)CC=C(c2cc(C=N)c(N)cc2F)CC1. The van der Waals surface area contributed by atoms with Gasteiger partial charge in [0, 0.05) is 23.0 Å². The van der Waals surface area contributed by atoms with Gasteiger partial charge in [-0.15, -0.1) is 0 Å². The second-order valence-electron chi connectivity index (χ2n) is 5.70. The highest BCUT2D eigenvalue weighted by atomic mass is 19.1. The van der Waals surface area contributed by atoms with Crippen LogP contribution in [-0.4, -0.2) is 6.21 Å². The van der Waals surface area contributed by atoms with Gasteiger partial charge in [-0.05, 0) is 42.4 Å². The highest BCUT2D eigenvalue weighted by Crippen LogP contribution is 2.39. The predicted octanol–water partition coefficient (Wildman–Crippen LogP) is 4.00. The molecule has 0 atom stereocenters. The molecule has 96 valence electrons. The Bertz CT molecular complexity index is 515. The molecule has 0 saturated carbocycles. The van der Waals surface area contributed by atoms with Crippen LogP contribution in [0.2, 0.25) is 0 Å². The number of allylic oxidation sites excluding steroid dienone is 2. The summed E-state index contributed by atoms with van der Waals surface area (Å²) >= 11 is 0. The van der Waals surface area contributed by atoms with E-state index < -0.39 is 0 Å². The molecule has 1 aliphatic rings. The molecule has 2 nitrogen and oxygen atoms in total. The van der Waals surface area contributed by atoms with Crippen molar-refractivity contribution in [3.63, 3.8) is 0 Å². The first-order chi connectivity index (χ1) is 8.43. The van der Waals surface area contributed by atoms with Crippen molar-refractivity contribution in [1.29, 1.82) is 5.41 Å². The number of hydrogen-bond donors (Lipinski definition) is 2. The number of nitrogens with one attached hydrogen (secondary N) is 1. The van der Waals surface area contributed by atoms with Crippen LogP contribution in [0.25, 0.3) is 5.57 Å². The fourth-order valence-corrected chi connectivity index (χ4v) is 2.30. The van der Waals surface area contributed by atoms with Crippen molar-refractivity contribution in [2.45, 2.75) is 33.1 Å². The predicted molar refractivity (Wildman–Crippen MR) is 74.3 cm³/mol. The smallest absolute Gasteiger partial charge is 0.132 e. The van der Waals surface area contributed by atoms with E-state index in [1.165, 1.54) is 12.3 Å². The van der Waals surface area contributed by atoms with Gasteiger partial charge in [-0.25, -0.2) is 4.39 Å². The maximum absolute atomic E-state index is 13.9. The van der Waals surface area contributed by atoms with Crippen LogP contribution < -0.4 is 5.73 Å². The highest BCUT2D eigenvalue weighted by molar-refractivity contribution is 5.87. The molecular formula is C15H19FN2. The third kappa shape index (κ3) is 2.45. The maximum Gasteiger partial charge on any atom is 0.132 e. The van der Waals surface area contributed by atoms with Crippen LogP contribution in [0.1, 0.15) is 44.2 Å². The van der Waals surface area contributed by atoms with Gasteiger partial charge in [0.05, 0.1) is 0 Å². The molecule has 3 N–H and O–H groups in total. The van der Waals surface area contributed by atoms with Crippen LogP contribution in [0.5, 0.6) is 0 Å². The van der Waals surface area contributed by atoms with E-state index >= 15 is 0 Å². The number of nitrogen functional groups attached to an aromatic ring is 1. The number of halogens is 1. The zero-order valence-corrected chi connectivity index (χ0v) is 10.9. The second kappa shape index (κ2) is 4.56. The number of rotatable bonds is 2. The fraction of sp³-hybridized carbons (Fsp3) is 0.400. The third-order valence-corrected chi connectivity index (χ3v) is 3.65. The monoisotopic (exact) mass is 246 g/mol. The van der Waals surface area contributed by atoms with Gasteiger partial charge in [-0.2, -0.15) is 0 Å². The summed E-state index contributed by atoms with van der Waals surface area (Å²) in [4.78, 5) is 0. The van der Waals surface area contributed by atoms with E-state index in [-0.39, 0.29) is 5.82 Å². The van der Waals surface area contributed by atoms with Gasteiger partial charge in [-0.1, -0.05) is 19.9 Å². The van der Waals surface area contributed by atoms with E-state index in [2.05, 4.69) is 19.9 Å². The Morgan fingerprint density at radius 2 is 2.11 bits per heavy atom. The molecule has 0 amide bonds. The van der Waals surface area contributed by atoms with Crippen LogP contribution in [0, 0.1) is 16.6 Å². The molecule has 1 aromatic rings. The highest BCUT2D eigenvalue weighted by Gasteiger charge is 2.23. The minimum absolute atomic E-state index is 0.288. The quantitative estimate of drug-likeness (QED) is 0.601. The zero-order valence-electron chi connectivity index (χ0n) is 10.9. The first-order valence-electron chi connectivity index (χ1n) is 6.22. The Hall–Kier alpha value is -1.64. The molecule has 0 aromatic heterocycles. The van der Waals surface area contributed by atoms with E-state index in [0.717, 1.165) is 24.8 Å². The van der Waals surface area contributed by atoms with Crippen LogP contribution in [0.15, 0.2) is 18.2 Å². The van der Waals surface area contributed by atoms with Crippen LogP contribution in [0.4, 0.5) is 10.1 Å². The molecule has 0 aliphatic heterocycles. The molecule has 0 heterocycles. The minimum atomic E-state index is -0.288. The van der Waals surface area contributed by atoms with Crippen molar-refractivity contribution < 1.29 is 4.39 Å². The molecule has 3 heteroatoms. The van der Waals surface area contributed by atoms with Gasteiger partial charge in [0.1, 0.15) is 5.82 Å². The standard InChI is InChI=1S/C15H19FN2/c1-15(2)5-3-10(4-6-15)12-7-11(9-17)14(18)8-13(12)16/h3,7-9,17H,4-6,18H2,1-2H3. The molecule has 1 aliphatic carbocycles. The van der Waals surface area contributed by atoms with Gasteiger partial charge in [0.15, 0.2) is 0 Å². The Balaban J connectivity index is 2.40. The summed E-state index contributed by atoms with van der Waals surface area (Å²) < 4.78 is 13.9. The van der Waals surface area contributed by atoms with E-state index in [1.807, 2.05) is 0 Å². The Kier molecular flexibility index (Phi) is 3.24. The summed E-state index contributed by atoms with van der Waals surface area (Å²) in [5.74, 6) is -0.288. The molecular weight excluding hydrogens is 227 g/mol. The van der Waals surface area contributed by atoms with Crippen LogP contribution in [-0.2, 0) is 0 Å². The molecule has 0 fully saturated rings. The van der Waals surface area contributed by atoms with Gasteiger partial charge >= 0.3 is 0 Å². The molecule has 0 spiro atoms. The van der Waals surface area contributed by atoms with Gasteiger partial charge in [0.2, 0.25) is 0 Å². The van der Waals surface area contributed by atoms with E-state index in [4.69, 9.17) is 11.1 Å². The largest absolute Gasteiger partial charge is 0.398 e. The normalized spacial score (nSPS) is 18.3. The van der Waals surface area contributed by atoms with Crippen molar-refractivity contribution in [3.8, 4) is 0 Å². The first kappa shape index (κ1) is 12.8. The average molecular weight is 246 g/mol. The number of benzene rings is 1. The van der Waals surface area contributed by atoms with Crippen LogP contribution >= 0.6 is 0 Å². The van der Waals surface area contributed by atoms with Crippen molar-refractivity contribution in [2.24, 2.45) is 5.41 Å². The summed E-state index contributed by atoms with van der Waals surface area (Å²) in [5.41, 5.74) is 8.50. The summed E-state index contributed by atoms with van der Waals surface area (Å²) in [6, 6.07) is 3.00. The van der Waals surface area contributed by atoms with Gasteiger partial charge in [0.25, 0.3) is 0 Å². The lowest BCUT2D eigenvalue weighted by molar-refractivity contribution is 0.334. The van der Waals surface area contributed by atoms with Crippen LogP contribution in [0.3, 0.4) is 0 Å². The van der Waals surface area contributed by atoms with Gasteiger partial charge in [-0.3, -0.25) is 0 Å². The number of hydrogen-bond acceptors (Lipinski definition) is 2. The lowest BCUT2D eigenvalue weighted by Gasteiger charge is -2.29. The van der Waals surface area contributed by atoms with Crippen molar-refractivity contribution in [2.75, 3.05) is 5.73 Å². The summed E-state index contributed by atoms with van der Waals surface area (Å²) in [6.45, 7) is 4.45. The van der Waals surface area contributed by atoms with E-state index in [1.54, 1.807) is 6.07 Å². The van der Waals surface area contributed by atoms with Crippen molar-refractivity contribution >= 4 is 17.5 Å². The van der Waals surface area contributed by atoms with E-state index in [0.29, 0.717) is 22.2 Å². The van der Waals surface area contributed by atoms with Gasteiger partial charge < -0.3 is 11.1 Å². The number of nitrogens with two attached hydrogens (primary N) is 1. The minimum Gasteiger partial charge on any atom is -0.398 e. The molecule has 0 bridgehead atoms. The summed E-state index contributed by atoms with van der Waals surface area (Å²) in [6.07, 6.45) is 6.19. The molecule has 18 heavy (non-hydrogen) atoms. The molecule has 1 aromatic carbocycles. The van der Waals surface area contributed by atoms with Crippen molar-refractivity contribution in [1.82, 2.24) is 0 Å². The first-order valence-corrected chi connectivity index (χ1v) is 6.22. The summed E-state index contributed by atoms with van der Waals surface area (Å²) in [7, 11) is 0. The average Bonchev–Trinajstić information content (AvgIpc) is 2.30.